The van der Waals surface area contributed by atoms with Gasteiger partial charge in [-0.05, 0) is 90.3 Å². The molecule has 0 aliphatic carbocycles. The number of H-pyrrole nitrogens is 4. The van der Waals surface area contributed by atoms with Crippen LogP contribution >= 0.6 is 81.9 Å². The van der Waals surface area contributed by atoms with Crippen LogP contribution in [0.5, 0.6) is 0 Å². The Kier molecular flexibility index (Phi) is 22.9. The van der Waals surface area contributed by atoms with Crippen molar-refractivity contribution in [3.05, 3.63) is 299 Å². The van der Waals surface area contributed by atoms with Crippen LogP contribution in [0.3, 0.4) is 0 Å². The topological polar surface area (TPSA) is 227 Å². The highest BCUT2D eigenvalue weighted by atomic mass is 35.5. The Hall–Kier alpha value is -9.59. The van der Waals surface area contributed by atoms with Gasteiger partial charge < -0.3 is 19.9 Å². The molecule has 0 aliphatic rings. The molecule has 4 aromatic heterocycles. The van der Waals surface area contributed by atoms with Gasteiger partial charge in [0, 0.05) is 71.7 Å². The number of nitrogens with zero attached hydrogens (tertiary/aromatic N) is 4. The van der Waals surface area contributed by atoms with Gasteiger partial charge in [0.05, 0.1) is 35.2 Å². The van der Waals surface area contributed by atoms with E-state index in [0.717, 1.165) is 58.3 Å². The lowest BCUT2D eigenvalue weighted by atomic mass is 10.1. The molecule has 0 aliphatic heterocycles. The predicted molar refractivity (Wildman–Crippen MR) is 361 cm³/mol. The zero-order valence-electron chi connectivity index (χ0n) is 48.3. The second-order valence-electron chi connectivity index (χ2n) is 19.9. The average Bonchev–Trinajstić information content (AvgIpc) is 0.832. The molecule has 8 aromatic carbocycles. The molecule has 0 amide bonds. The van der Waals surface area contributed by atoms with E-state index in [0.29, 0.717) is 69.3 Å². The molecule has 0 saturated heterocycles. The van der Waals surface area contributed by atoms with Crippen LogP contribution < -0.4 is 22.2 Å². The number of nitriles is 4. The molecule has 25 heteroatoms. The van der Waals surface area contributed by atoms with E-state index in [1.165, 1.54) is 71.7 Å². The minimum Gasteiger partial charge on any atom is -0.315 e. The van der Waals surface area contributed by atoms with Crippen LogP contribution in [0.4, 0.5) is 26.3 Å². The summed E-state index contributed by atoms with van der Waals surface area (Å²) >= 11 is 23.0. The molecule has 94 heavy (non-hydrogen) atoms. The number of benzene rings is 8. The lowest BCUT2D eigenvalue weighted by Gasteiger charge is -2.10. The van der Waals surface area contributed by atoms with Gasteiger partial charge in [-0.1, -0.05) is 131 Å². The van der Waals surface area contributed by atoms with Gasteiger partial charge in [0.1, 0.15) is 81.4 Å². The second-order valence-corrected chi connectivity index (χ2v) is 25.1. The predicted octanol–water partition coefficient (Wildman–Crippen LogP) is 17.9. The molecular weight excluding hydrogens is 1350 g/mol. The Morgan fingerprint density at radius 3 is 1.31 bits per heavy atom. The number of hydrogen-bond acceptors (Lipinski definition) is 12. The Bertz CT molecular complexity index is 5380. The fraction of sp³-hybridized carbons (Fsp3) is 0.0725. The molecule has 12 aromatic rings. The highest BCUT2D eigenvalue weighted by Gasteiger charge is 2.20. The Labute approximate surface area is 561 Å². The number of nitrogens with one attached hydrogen (secondary N) is 4. The summed E-state index contributed by atoms with van der Waals surface area (Å²) in [5.41, 5.74) is 1.29. The van der Waals surface area contributed by atoms with Gasteiger partial charge in [-0.25, -0.2) is 26.3 Å². The van der Waals surface area contributed by atoms with E-state index in [1.807, 2.05) is 67.6 Å². The normalized spacial score (nSPS) is 10.7. The third-order valence-corrected chi connectivity index (χ3v) is 19.4. The fourth-order valence-corrected chi connectivity index (χ4v) is 14.2. The SMILES string of the molecule is Cc1cccc(CSc2[nH]c(=O)c(C#N)c3c(F)cccc23)c1.N#Cc1c(=O)[nH]c(SCc2c(F)ccc(F)c2Cl)c2cc(F)ccc12.N#Cc1c(=O)[nH]c(SCc2cccc(Cl)c2Cl)c2cc(F)ccc12.N#Cc1c(=O)[nH]c(SCc2ccccc2)c2cccc(F)c12. The maximum atomic E-state index is 14.1. The number of pyridine rings is 4. The first-order chi connectivity index (χ1) is 45.2. The summed E-state index contributed by atoms with van der Waals surface area (Å²) in [5.74, 6) is -1.91. The molecule has 12 nitrogen and oxygen atoms in total. The highest BCUT2D eigenvalue weighted by Crippen LogP contribution is 2.37. The van der Waals surface area contributed by atoms with Crippen molar-refractivity contribution in [1.29, 1.82) is 21.0 Å². The molecule has 0 saturated carbocycles. The van der Waals surface area contributed by atoms with E-state index in [4.69, 9.17) is 55.9 Å². The zero-order valence-corrected chi connectivity index (χ0v) is 53.8. The van der Waals surface area contributed by atoms with Gasteiger partial charge in [0.25, 0.3) is 22.2 Å². The van der Waals surface area contributed by atoms with Crippen molar-refractivity contribution >= 4 is 125 Å². The van der Waals surface area contributed by atoms with Crippen molar-refractivity contribution < 1.29 is 26.3 Å². The molecule has 0 radical (unpaired) electrons. The van der Waals surface area contributed by atoms with Crippen LogP contribution in [0.1, 0.15) is 50.1 Å². The van der Waals surface area contributed by atoms with Gasteiger partial charge in [0.15, 0.2) is 0 Å². The smallest absolute Gasteiger partial charge is 0.267 e. The van der Waals surface area contributed by atoms with Crippen molar-refractivity contribution in [3.63, 3.8) is 0 Å². The number of halogens is 9. The lowest BCUT2D eigenvalue weighted by Crippen LogP contribution is -2.12. The van der Waals surface area contributed by atoms with Crippen molar-refractivity contribution in [2.75, 3.05) is 0 Å². The molecule has 4 heterocycles. The van der Waals surface area contributed by atoms with Crippen LogP contribution in [-0.2, 0) is 23.0 Å². The van der Waals surface area contributed by atoms with Crippen molar-refractivity contribution in [2.45, 2.75) is 50.0 Å². The first-order valence-electron chi connectivity index (χ1n) is 27.4. The number of aromatic nitrogens is 4. The number of aromatic amines is 4. The summed E-state index contributed by atoms with van der Waals surface area (Å²) in [6, 6.07) is 48.9. The first-order valence-corrected chi connectivity index (χ1v) is 32.5. The summed E-state index contributed by atoms with van der Waals surface area (Å²) in [6.07, 6.45) is 0. The quantitative estimate of drug-likeness (QED) is 0.0509. The van der Waals surface area contributed by atoms with Crippen LogP contribution in [0.15, 0.2) is 197 Å². The Morgan fingerprint density at radius 2 is 0.809 bits per heavy atom. The van der Waals surface area contributed by atoms with Crippen molar-refractivity contribution in [1.82, 2.24) is 19.9 Å². The maximum Gasteiger partial charge on any atom is 0.267 e. The minimum atomic E-state index is -0.761. The molecule has 0 unspecified atom stereocenters. The summed E-state index contributed by atoms with van der Waals surface area (Å²) in [7, 11) is 0. The van der Waals surface area contributed by atoms with E-state index in [9.17, 15) is 45.5 Å². The van der Waals surface area contributed by atoms with Crippen molar-refractivity contribution in [3.8, 4) is 24.3 Å². The third-order valence-electron chi connectivity index (χ3n) is 13.9. The van der Waals surface area contributed by atoms with Crippen LogP contribution in [0.25, 0.3) is 43.1 Å². The maximum absolute atomic E-state index is 14.1. The van der Waals surface area contributed by atoms with E-state index in [-0.39, 0.29) is 59.8 Å². The Balaban J connectivity index is 0.000000148. The summed E-state index contributed by atoms with van der Waals surface area (Å²) in [6.45, 7) is 2.02. The monoisotopic (exact) mass is 1390 g/mol. The van der Waals surface area contributed by atoms with E-state index < -0.39 is 57.1 Å². The van der Waals surface area contributed by atoms with Crippen LogP contribution in [0, 0.1) is 87.2 Å². The molecule has 0 fully saturated rings. The number of hydrogen-bond donors (Lipinski definition) is 4. The van der Waals surface area contributed by atoms with Gasteiger partial charge in [-0.15, -0.1) is 47.0 Å². The van der Waals surface area contributed by atoms with Gasteiger partial charge in [-0.3, -0.25) is 19.2 Å². The van der Waals surface area contributed by atoms with Crippen LogP contribution in [-0.4, -0.2) is 19.9 Å². The highest BCUT2D eigenvalue weighted by molar-refractivity contribution is 7.99. The number of aryl methyl sites for hydroxylation is 1. The summed E-state index contributed by atoms with van der Waals surface area (Å²) in [5, 5.41) is 41.6. The molecule has 468 valence electrons. The molecule has 0 bridgehead atoms. The van der Waals surface area contributed by atoms with Crippen molar-refractivity contribution in [2.24, 2.45) is 0 Å². The minimum absolute atomic E-state index is 0.0323. The van der Waals surface area contributed by atoms with E-state index >= 15 is 0 Å². The molecule has 4 N–H and O–H groups in total. The zero-order chi connectivity index (χ0) is 67.3. The number of fused-ring (bicyclic) bond motifs is 4. The number of thioether (sulfide) groups is 4. The average molecular weight is 1390 g/mol. The molecule has 12 rings (SSSR count). The fourth-order valence-electron chi connectivity index (χ4n) is 9.42. The van der Waals surface area contributed by atoms with Gasteiger partial charge >= 0.3 is 0 Å². The third kappa shape index (κ3) is 15.9. The number of rotatable bonds is 12. The largest absolute Gasteiger partial charge is 0.315 e. The van der Waals surface area contributed by atoms with Gasteiger partial charge in [-0.2, -0.15) is 21.0 Å². The molecular formula is C69H41Cl3F6N8O4S4. The lowest BCUT2D eigenvalue weighted by molar-refractivity contribution is 0.592. The molecule has 0 atom stereocenters. The van der Waals surface area contributed by atoms with E-state index in [1.54, 1.807) is 54.6 Å². The summed E-state index contributed by atoms with van der Waals surface area (Å²) in [4.78, 5) is 58.6. The Morgan fingerprint density at radius 1 is 0.383 bits per heavy atom. The van der Waals surface area contributed by atoms with E-state index in [2.05, 4.69) is 26.0 Å². The first kappa shape index (κ1) is 68.8. The second kappa shape index (κ2) is 31.4. The summed E-state index contributed by atoms with van der Waals surface area (Å²) < 4.78 is 82.7. The van der Waals surface area contributed by atoms with Gasteiger partial charge in [0.2, 0.25) is 0 Å². The standard InChI is InChI=1S/C18H13FN2OS.C17H9Cl2FN2OS.C17H8ClF3N2OS.C17H11FN2OS/c1-11-4-2-5-12(8-11)10-23-18-13-6-3-7-15(19)16(13)14(9-20)17(22)21-18;18-14-3-1-2-9(15(14)19)8-24-17-12-6-10(20)4-5-11(12)13(7-21)16(23)22-17;18-15-12(13(20)3-4-14(15)21)7-25-17-10-5-8(19)1-2-9(10)11(6-22)16(24)23-17;18-14-8-4-7-12-15(14)13(9-19)16(21)20-17(12)22-10-11-5-2-1-3-6-11/h2-8H,10H2,1H3,(H,21,22);1-6H,8H2,(H,22,23);1-5H,7H2,(H,23,24);1-8H,10H2,(H,20,21). The van der Waals surface area contributed by atoms with Crippen LogP contribution in [0.2, 0.25) is 15.1 Å². The molecule has 0 spiro atoms.